The van der Waals surface area contributed by atoms with Crippen molar-refractivity contribution < 1.29 is 13.2 Å². The summed E-state index contributed by atoms with van der Waals surface area (Å²) in [4.78, 5) is 3.68. The number of guanidine groups is 1. The Kier molecular flexibility index (Phi) is 4.72. The van der Waals surface area contributed by atoms with Gasteiger partial charge in [-0.3, -0.25) is 4.99 Å². The van der Waals surface area contributed by atoms with Crippen molar-refractivity contribution in [3.63, 3.8) is 0 Å². The van der Waals surface area contributed by atoms with Crippen LogP contribution >= 0.6 is 0 Å². The molecule has 1 aliphatic heterocycles. The van der Waals surface area contributed by atoms with Crippen molar-refractivity contribution in [2.45, 2.75) is 26.1 Å². The van der Waals surface area contributed by atoms with Crippen molar-refractivity contribution in [3.05, 3.63) is 0 Å². The summed E-state index contributed by atoms with van der Waals surface area (Å²) in [5.74, 6) is -0.173. The average Bonchev–Trinajstić information content (AvgIpc) is 2.14. The van der Waals surface area contributed by atoms with Gasteiger partial charge in [0, 0.05) is 13.1 Å². The van der Waals surface area contributed by atoms with Gasteiger partial charge in [-0.05, 0) is 13.8 Å². The molecule has 7 nitrogen and oxygen atoms in total. The van der Waals surface area contributed by atoms with Gasteiger partial charge in [-0.15, -0.1) is 0 Å². The largest absolute Gasteiger partial charge is 0.373 e. The molecular weight excluding hydrogens is 244 g/mol. The first-order chi connectivity index (χ1) is 7.81. The van der Waals surface area contributed by atoms with Crippen LogP contribution in [0, 0.1) is 0 Å². The Balaban J connectivity index is 2.60. The van der Waals surface area contributed by atoms with Crippen LogP contribution < -0.4 is 11.5 Å². The number of hydrogen-bond donors (Lipinski definition) is 2. The van der Waals surface area contributed by atoms with Gasteiger partial charge in [0.05, 0.1) is 24.5 Å². The summed E-state index contributed by atoms with van der Waals surface area (Å²) in [6.45, 7) is 4.57. The van der Waals surface area contributed by atoms with Crippen LogP contribution in [-0.2, 0) is 14.8 Å². The maximum absolute atomic E-state index is 12.0. The minimum absolute atomic E-state index is 0.0790. The molecule has 0 radical (unpaired) electrons. The summed E-state index contributed by atoms with van der Waals surface area (Å²) in [5, 5.41) is 0. The standard InChI is InChI=1S/C9H20N4O3S/c1-7-5-13(6-8(2)16-7)17(14,15)4-3-12-9(10)11/h7-8H,3-6H2,1-2H3,(H4,10,11,12). The van der Waals surface area contributed by atoms with Crippen LogP contribution in [-0.4, -0.2) is 56.3 Å². The lowest BCUT2D eigenvalue weighted by Gasteiger charge is -2.34. The molecule has 1 saturated heterocycles. The fraction of sp³-hybridized carbons (Fsp3) is 0.889. The first-order valence-electron chi connectivity index (χ1n) is 5.50. The Morgan fingerprint density at radius 2 is 1.88 bits per heavy atom. The Labute approximate surface area is 102 Å². The van der Waals surface area contributed by atoms with Crippen LogP contribution in [0.2, 0.25) is 0 Å². The van der Waals surface area contributed by atoms with Crippen molar-refractivity contribution in [2.24, 2.45) is 16.5 Å². The molecule has 0 aromatic rings. The van der Waals surface area contributed by atoms with Gasteiger partial charge in [-0.2, -0.15) is 4.31 Å². The molecule has 1 rings (SSSR count). The zero-order valence-electron chi connectivity index (χ0n) is 10.2. The second-order valence-corrected chi connectivity index (χ2v) is 6.29. The number of hydrogen-bond acceptors (Lipinski definition) is 4. The number of ether oxygens (including phenoxy) is 1. The van der Waals surface area contributed by atoms with Gasteiger partial charge >= 0.3 is 0 Å². The quantitative estimate of drug-likeness (QED) is 0.484. The van der Waals surface area contributed by atoms with E-state index in [-0.39, 0.29) is 30.5 Å². The van der Waals surface area contributed by atoms with Crippen LogP contribution in [0.5, 0.6) is 0 Å². The SMILES string of the molecule is CC1CN(S(=O)(=O)CCN=C(N)N)CC(C)O1. The van der Waals surface area contributed by atoms with Gasteiger partial charge in [0.2, 0.25) is 10.0 Å². The van der Waals surface area contributed by atoms with Gasteiger partial charge in [0.25, 0.3) is 0 Å². The number of aliphatic imine (C=N–C) groups is 1. The number of rotatable bonds is 4. The van der Waals surface area contributed by atoms with Gasteiger partial charge in [0.1, 0.15) is 0 Å². The topological polar surface area (TPSA) is 111 Å². The highest BCUT2D eigenvalue weighted by Gasteiger charge is 2.30. The molecule has 1 aliphatic rings. The maximum atomic E-state index is 12.0. The predicted molar refractivity (Wildman–Crippen MR) is 66.0 cm³/mol. The van der Waals surface area contributed by atoms with E-state index in [0.29, 0.717) is 13.1 Å². The van der Waals surface area contributed by atoms with Crippen LogP contribution in [0.3, 0.4) is 0 Å². The van der Waals surface area contributed by atoms with E-state index in [2.05, 4.69) is 4.99 Å². The monoisotopic (exact) mass is 264 g/mol. The molecule has 0 saturated carbocycles. The lowest BCUT2D eigenvalue weighted by Crippen LogP contribution is -2.49. The summed E-state index contributed by atoms with van der Waals surface area (Å²) in [6.07, 6.45) is -0.173. The van der Waals surface area contributed by atoms with E-state index in [1.807, 2.05) is 13.8 Å². The summed E-state index contributed by atoms with van der Waals surface area (Å²) in [5.41, 5.74) is 10.3. The van der Waals surface area contributed by atoms with E-state index in [4.69, 9.17) is 16.2 Å². The van der Waals surface area contributed by atoms with E-state index >= 15 is 0 Å². The van der Waals surface area contributed by atoms with E-state index in [1.54, 1.807) is 0 Å². The molecule has 1 heterocycles. The molecule has 1 fully saturated rings. The summed E-state index contributed by atoms with van der Waals surface area (Å²) >= 11 is 0. The first-order valence-corrected chi connectivity index (χ1v) is 7.11. The lowest BCUT2D eigenvalue weighted by molar-refractivity contribution is -0.0440. The second kappa shape index (κ2) is 5.65. The average molecular weight is 264 g/mol. The molecule has 100 valence electrons. The molecule has 0 aliphatic carbocycles. The molecule has 4 N–H and O–H groups in total. The van der Waals surface area contributed by atoms with E-state index in [0.717, 1.165) is 0 Å². The fourth-order valence-corrected chi connectivity index (χ4v) is 3.23. The van der Waals surface area contributed by atoms with Crippen molar-refractivity contribution in [1.82, 2.24) is 4.31 Å². The highest BCUT2D eigenvalue weighted by Crippen LogP contribution is 2.14. The molecule has 8 heteroatoms. The van der Waals surface area contributed by atoms with E-state index < -0.39 is 10.0 Å². The number of morpholine rings is 1. The molecule has 2 unspecified atom stereocenters. The number of sulfonamides is 1. The second-order valence-electron chi connectivity index (χ2n) is 4.20. The third-order valence-corrected chi connectivity index (χ3v) is 4.21. The third kappa shape index (κ3) is 4.49. The highest BCUT2D eigenvalue weighted by molar-refractivity contribution is 7.89. The van der Waals surface area contributed by atoms with Crippen molar-refractivity contribution >= 4 is 16.0 Å². The maximum Gasteiger partial charge on any atom is 0.216 e. The van der Waals surface area contributed by atoms with Crippen LogP contribution in [0.4, 0.5) is 0 Å². The van der Waals surface area contributed by atoms with Crippen molar-refractivity contribution in [3.8, 4) is 0 Å². The summed E-state index contributed by atoms with van der Waals surface area (Å²) < 4.78 is 30.9. The first kappa shape index (κ1) is 14.2. The molecule has 17 heavy (non-hydrogen) atoms. The van der Waals surface area contributed by atoms with Gasteiger partial charge in [0.15, 0.2) is 5.96 Å². The minimum Gasteiger partial charge on any atom is -0.373 e. The Morgan fingerprint density at radius 1 is 1.35 bits per heavy atom. The van der Waals surface area contributed by atoms with Crippen molar-refractivity contribution in [1.29, 1.82) is 0 Å². The summed E-state index contributed by atoms with van der Waals surface area (Å²) in [6, 6.07) is 0. The zero-order valence-corrected chi connectivity index (χ0v) is 11.0. The Morgan fingerprint density at radius 3 is 2.35 bits per heavy atom. The lowest BCUT2D eigenvalue weighted by atomic mass is 10.3. The fourth-order valence-electron chi connectivity index (χ4n) is 1.78. The molecule has 0 bridgehead atoms. The number of nitrogens with two attached hydrogens (primary N) is 2. The van der Waals surface area contributed by atoms with Gasteiger partial charge < -0.3 is 16.2 Å². The van der Waals surface area contributed by atoms with E-state index in [1.165, 1.54) is 4.31 Å². The van der Waals surface area contributed by atoms with Crippen LogP contribution in [0.25, 0.3) is 0 Å². The van der Waals surface area contributed by atoms with E-state index in [9.17, 15) is 8.42 Å². The third-order valence-electron chi connectivity index (χ3n) is 2.42. The minimum atomic E-state index is -3.31. The summed E-state index contributed by atoms with van der Waals surface area (Å²) in [7, 11) is -3.31. The molecule has 0 aromatic heterocycles. The molecule has 0 amide bonds. The molecule has 2 atom stereocenters. The molecular formula is C9H20N4O3S. The number of nitrogens with zero attached hydrogens (tertiary/aromatic N) is 2. The van der Waals surface area contributed by atoms with Crippen LogP contribution in [0.1, 0.15) is 13.8 Å². The van der Waals surface area contributed by atoms with Gasteiger partial charge in [-0.1, -0.05) is 0 Å². The normalized spacial score (nSPS) is 26.7. The zero-order chi connectivity index (χ0) is 13.1. The highest BCUT2D eigenvalue weighted by atomic mass is 32.2. The van der Waals surface area contributed by atoms with Crippen molar-refractivity contribution in [2.75, 3.05) is 25.4 Å². The predicted octanol–water partition coefficient (Wildman–Crippen LogP) is -1.30. The van der Waals surface area contributed by atoms with Gasteiger partial charge in [-0.25, -0.2) is 8.42 Å². The Hall–Kier alpha value is -0.860. The smallest absolute Gasteiger partial charge is 0.216 e. The molecule has 0 spiro atoms. The van der Waals surface area contributed by atoms with Crippen LogP contribution in [0.15, 0.2) is 4.99 Å². The Bertz CT molecular complexity index is 368. The molecule has 0 aromatic carbocycles.